The highest BCUT2D eigenvalue weighted by atomic mass is 32.3. The quantitative estimate of drug-likeness (QED) is 0.564. The lowest BCUT2D eigenvalue weighted by Gasteiger charge is -2.05. The van der Waals surface area contributed by atoms with Gasteiger partial charge in [-0.05, 0) is 48.5 Å². The smallest absolute Gasteiger partial charge is 0.362 e. The topological polar surface area (TPSA) is 144 Å². The van der Waals surface area contributed by atoms with E-state index < -0.39 is 26.6 Å². The van der Waals surface area contributed by atoms with Crippen LogP contribution < -0.4 is 8.37 Å². The SMILES string of the molecule is O=C(c1ccc(OS(=O)(=O)O)cc1)c1ccc(OS(=O)(=O)O)cc1. The zero-order chi connectivity index (χ0) is 18.0. The lowest BCUT2D eigenvalue weighted by atomic mass is 10.0. The van der Waals surface area contributed by atoms with Gasteiger partial charge < -0.3 is 8.37 Å². The normalized spacial score (nSPS) is 11.8. The van der Waals surface area contributed by atoms with E-state index in [0.717, 1.165) is 0 Å². The Morgan fingerprint density at radius 3 is 1.21 bits per heavy atom. The van der Waals surface area contributed by atoms with Crippen molar-refractivity contribution in [3.05, 3.63) is 59.7 Å². The van der Waals surface area contributed by atoms with E-state index in [9.17, 15) is 21.6 Å². The zero-order valence-electron chi connectivity index (χ0n) is 11.7. The third-order valence-electron chi connectivity index (χ3n) is 2.64. The molecule has 0 aliphatic carbocycles. The highest BCUT2D eigenvalue weighted by molar-refractivity contribution is 7.81. The molecule has 0 amide bonds. The Bertz CT molecular complexity index is 864. The molecule has 0 heterocycles. The van der Waals surface area contributed by atoms with E-state index in [1.165, 1.54) is 48.5 Å². The molecule has 0 atom stereocenters. The van der Waals surface area contributed by atoms with Gasteiger partial charge in [0.25, 0.3) is 0 Å². The van der Waals surface area contributed by atoms with Crippen LogP contribution >= 0.6 is 0 Å². The van der Waals surface area contributed by atoms with Crippen LogP contribution in [-0.4, -0.2) is 31.7 Å². The molecule has 0 aliphatic rings. The van der Waals surface area contributed by atoms with Gasteiger partial charge in [-0.15, -0.1) is 0 Å². The molecule has 24 heavy (non-hydrogen) atoms. The summed E-state index contributed by atoms with van der Waals surface area (Å²) < 4.78 is 67.8. The number of rotatable bonds is 6. The molecular weight excluding hydrogens is 364 g/mol. The minimum atomic E-state index is -4.65. The summed E-state index contributed by atoms with van der Waals surface area (Å²) in [7, 11) is -9.30. The molecule has 0 spiro atoms. The van der Waals surface area contributed by atoms with Crippen LogP contribution in [0.15, 0.2) is 48.5 Å². The lowest BCUT2D eigenvalue weighted by Crippen LogP contribution is -2.08. The van der Waals surface area contributed by atoms with Crippen LogP contribution in [0.4, 0.5) is 0 Å². The minimum Gasteiger partial charge on any atom is -0.362 e. The molecule has 0 aliphatic heterocycles. The van der Waals surface area contributed by atoms with Crippen molar-refractivity contribution in [1.29, 1.82) is 0 Å². The van der Waals surface area contributed by atoms with E-state index in [1.807, 2.05) is 0 Å². The van der Waals surface area contributed by atoms with Gasteiger partial charge in [-0.1, -0.05) is 0 Å². The number of hydrogen-bond donors (Lipinski definition) is 2. The van der Waals surface area contributed by atoms with E-state index in [-0.39, 0.29) is 22.6 Å². The summed E-state index contributed by atoms with van der Waals surface area (Å²) in [4.78, 5) is 12.2. The van der Waals surface area contributed by atoms with Crippen LogP contribution in [0.5, 0.6) is 11.5 Å². The predicted molar refractivity (Wildman–Crippen MR) is 80.7 cm³/mol. The zero-order valence-corrected chi connectivity index (χ0v) is 13.3. The van der Waals surface area contributed by atoms with Crippen molar-refractivity contribution in [3.63, 3.8) is 0 Å². The Morgan fingerprint density at radius 1 is 0.667 bits per heavy atom. The van der Waals surface area contributed by atoms with Crippen molar-refractivity contribution >= 4 is 26.6 Å². The Hall–Kier alpha value is -2.47. The predicted octanol–water partition coefficient (Wildman–Crippen LogP) is 1.28. The molecule has 9 nitrogen and oxygen atoms in total. The fourth-order valence-electron chi connectivity index (χ4n) is 1.73. The first-order valence-corrected chi connectivity index (χ1v) is 8.85. The number of ketones is 1. The van der Waals surface area contributed by atoms with Gasteiger partial charge in [0, 0.05) is 11.1 Å². The number of carbonyl (C=O) groups excluding carboxylic acids is 1. The minimum absolute atomic E-state index is 0.175. The van der Waals surface area contributed by atoms with E-state index in [1.54, 1.807) is 0 Å². The fourth-order valence-corrected chi connectivity index (χ4v) is 2.44. The van der Waals surface area contributed by atoms with Crippen molar-refractivity contribution in [2.45, 2.75) is 0 Å². The molecule has 128 valence electrons. The Morgan fingerprint density at radius 2 is 0.958 bits per heavy atom. The van der Waals surface area contributed by atoms with Crippen molar-refractivity contribution in [2.75, 3.05) is 0 Å². The van der Waals surface area contributed by atoms with Crippen molar-refractivity contribution in [1.82, 2.24) is 0 Å². The second kappa shape index (κ2) is 6.57. The monoisotopic (exact) mass is 374 g/mol. The molecule has 0 bridgehead atoms. The fraction of sp³-hybridized carbons (Fsp3) is 0. The second-order valence-electron chi connectivity index (χ2n) is 4.40. The maximum Gasteiger partial charge on any atom is 0.446 e. The summed E-state index contributed by atoms with van der Waals surface area (Å²) in [5.74, 6) is -0.788. The standard InChI is InChI=1S/C13H10O9S2/c14-13(9-1-5-11(6-2-9)21-23(15,16)17)10-3-7-12(8-4-10)22-24(18,19)20/h1-8H,(H,15,16,17)(H,18,19,20). The summed E-state index contributed by atoms with van der Waals surface area (Å²) >= 11 is 0. The van der Waals surface area contributed by atoms with Gasteiger partial charge in [0.2, 0.25) is 0 Å². The summed E-state index contributed by atoms with van der Waals surface area (Å²) in [5.41, 5.74) is 0.391. The maximum absolute atomic E-state index is 12.2. The summed E-state index contributed by atoms with van der Waals surface area (Å²) in [6.07, 6.45) is 0. The molecule has 0 unspecified atom stereocenters. The summed E-state index contributed by atoms with van der Waals surface area (Å²) in [6.45, 7) is 0. The van der Waals surface area contributed by atoms with Crippen LogP contribution in [-0.2, 0) is 20.8 Å². The van der Waals surface area contributed by atoms with Crippen LogP contribution in [0.3, 0.4) is 0 Å². The molecule has 2 rings (SSSR count). The molecule has 0 saturated heterocycles. The molecule has 0 aromatic heterocycles. The first-order valence-electron chi connectivity index (χ1n) is 6.12. The first-order chi connectivity index (χ1) is 11.0. The Balaban J connectivity index is 2.16. The summed E-state index contributed by atoms with van der Waals surface area (Å²) in [6, 6.07) is 9.84. The van der Waals surface area contributed by atoms with Crippen LogP contribution in [0.2, 0.25) is 0 Å². The third-order valence-corrected chi connectivity index (χ3v) is 3.44. The first kappa shape index (κ1) is 17.9. The molecule has 11 heteroatoms. The van der Waals surface area contributed by atoms with Crippen molar-refractivity contribution in [3.8, 4) is 11.5 Å². The highest BCUT2D eigenvalue weighted by Gasteiger charge is 2.12. The molecule has 2 aromatic carbocycles. The maximum atomic E-state index is 12.2. The molecule has 2 N–H and O–H groups in total. The number of benzene rings is 2. The van der Waals surface area contributed by atoms with Crippen LogP contribution in [0, 0.1) is 0 Å². The molecular formula is C13H10O9S2. The van der Waals surface area contributed by atoms with Gasteiger partial charge in [0.15, 0.2) is 5.78 Å². The number of carbonyl (C=O) groups is 1. The van der Waals surface area contributed by atoms with Gasteiger partial charge in [0.05, 0.1) is 0 Å². The van der Waals surface area contributed by atoms with Crippen molar-refractivity contribution < 1.29 is 39.1 Å². The van der Waals surface area contributed by atoms with Gasteiger partial charge in [0.1, 0.15) is 11.5 Å². The van der Waals surface area contributed by atoms with Crippen LogP contribution in [0.25, 0.3) is 0 Å². The summed E-state index contributed by atoms with van der Waals surface area (Å²) in [5, 5.41) is 0. The Labute approximate surface area is 137 Å². The van der Waals surface area contributed by atoms with Gasteiger partial charge in [-0.25, -0.2) is 0 Å². The Kier molecular flexibility index (Phi) is 4.89. The third kappa shape index (κ3) is 5.31. The number of hydrogen-bond acceptors (Lipinski definition) is 7. The second-order valence-corrected chi connectivity index (χ2v) is 6.44. The van der Waals surface area contributed by atoms with E-state index in [4.69, 9.17) is 9.11 Å². The van der Waals surface area contributed by atoms with E-state index in [2.05, 4.69) is 8.37 Å². The molecule has 0 radical (unpaired) electrons. The largest absolute Gasteiger partial charge is 0.446 e. The van der Waals surface area contributed by atoms with Gasteiger partial charge >= 0.3 is 20.8 Å². The molecule has 0 fully saturated rings. The van der Waals surface area contributed by atoms with E-state index >= 15 is 0 Å². The molecule has 0 saturated carbocycles. The average Bonchev–Trinajstić information content (AvgIpc) is 2.45. The molecule has 2 aromatic rings. The van der Waals surface area contributed by atoms with Crippen LogP contribution in [0.1, 0.15) is 15.9 Å². The highest BCUT2D eigenvalue weighted by Crippen LogP contribution is 2.19. The van der Waals surface area contributed by atoms with Gasteiger partial charge in [-0.3, -0.25) is 13.9 Å². The van der Waals surface area contributed by atoms with E-state index in [0.29, 0.717) is 0 Å². The lowest BCUT2D eigenvalue weighted by molar-refractivity contribution is 0.103. The van der Waals surface area contributed by atoms with Crippen molar-refractivity contribution in [2.24, 2.45) is 0 Å². The van der Waals surface area contributed by atoms with Gasteiger partial charge in [-0.2, -0.15) is 16.8 Å². The average molecular weight is 374 g/mol.